The average molecular weight is 387 g/mol. The molecular weight excluding hydrogens is 362 g/mol. The molecule has 0 unspecified atom stereocenters. The molecule has 2 rings (SSSR count). The van der Waals surface area contributed by atoms with Crippen molar-refractivity contribution < 1.29 is 28.7 Å². The van der Waals surface area contributed by atoms with Gasteiger partial charge in [-0.2, -0.15) is 0 Å². The van der Waals surface area contributed by atoms with Gasteiger partial charge in [0.2, 0.25) is 5.54 Å². The molecule has 1 heterocycles. The van der Waals surface area contributed by atoms with Gasteiger partial charge in [0, 0.05) is 12.0 Å². The Balaban J connectivity index is 2.33. The van der Waals surface area contributed by atoms with E-state index in [4.69, 9.17) is 9.47 Å². The molecule has 1 aliphatic rings. The van der Waals surface area contributed by atoms with Crippen LogP contribution in [0.4, 0.5) is 0 Å². The van der Waals surface area contributed by atoms with Crippen LogP contribution in [-0.2, 0) is 23.9 Å². The van der Waals surface area contributed by atoms with E-state index in [2.05, 4.69) is 0 Å². The summed E-state index contributed by atoms with van der Waals surface area (Å²) in [6, 6.07) is 8.75. The van der Waals surface area contributed by atoms with Gasteiger partial charge in [-0.05, 0) is 39.0 Å². The molecule has 1 aromatic rings. The third-order valence-corrected chi connectivity index (χ3v) is 4.61. The van der Waals surface area contributed by atoms with E-state index in [1.807, 2.05) is 6.07 Å². The molecule has 0 N–H and O–H groups in total. The average Bonchev–Trinajstić information content (AvgIpc) is 2.68. The van der Waals surface area contributed by atoms with Crippen LogP contribution in [0.15, 0.2) is 42.0 Å². The Bertz CT molecular complexity index is 765. The fourth-order valence-electron chi connectivity index (χ4n) is 3.11. The van der Waals surface area contributed by atoms with Gasteiger partial charge < -0.3 is 9.47 Å². The van der Waals surface area contributed by atoms with Crippen molar-refractivity contribution >= 4 is 23.5 Å². The van der Waals surface area contributed by atoms with E-state index in [0.29, 0.717) is 5.56 Å². The number of ketones is 2. The summed E-state index contributed by atoms with van der Waals surface area (Å²) >= 11 is 0. The molecule has 0 aromatic heterocycles. The summed E-state index contributed by atoms with van der Waals surface area (Å²) in [7, 11) is 1.49. The lowest BCUT2D eigenvalue weighted by atomic mass is 9.86. The van der Waals surface area contributed by atoms with Crippen LogP contribution in [0.2, 0.25) is 0 Å². The Hall–Kier alpha value is -2.80. The van der Waals surface area contributed by atoms with Gasteiger partial charge in [-0.25, -0.2) is 9.59 Å². The standard InChI is InChI=1S/C21H25NO6/c1-4-27-19(25)21(20(26)28-5-2)13-16(18(24)14-22(21)3)11-12-17(23)15-9-7-6-8-10-15/h6-10,13H,4-5,11-12,14H2,1-3H3. The van der Waals surface area contributed by atoms with Crippen molar-refractivity contribution in [2.24, 2.45) is 0 Å². The second-order valence-electron chi connectivity index (χ2n) is 6.45. The van der Waals surface area contributed by atoms with Gasteiger partial charge in [0.05, 0.1) is 19.8 Å². The maximum atomic E-state index is 12.7. The number of ether oxygens (including phenoxy) is 2. The third kappa shape index (κ3) is 4.36. The Morgan fingerprint density at radius 1 is 1.04 bits per heavy atom. The minimum atomic E-state index is -1.83. The Morgan fingerprint density at radius 2 is 1.61 bits per heavy atom. The zero-order chi connectivity index (χ0) is 20.7. The number of benzene rings is 1. The molecule has 0 bridgehead atoms. The number of hydrogen-bond acceptors (Lipinski definition) is 7. The van der Waals surface area contributed by atoms with Crippen LogP contribution in [0.3, 0.4) is 0 Å². The first-order valence-electron chi connectivity index (χ1n) is 9.25. The van der Waals surface area contributed by atoms with Crippen molar-refractivity contribution in [1.82, 2.24) is 4.90 Å². The maximum absolute atomic E-state index is 12.7. The monoisotopic (exact) mass is 387 g/mol. The lowest BCUT2D eigenvalue weighted by Crippen LogP contribution is -2.62. The predicted molar refractivity (Wildman–Crippen MR) is 102 cm³/mol. The largest absolute Gasteiger partial charge is 0.464 e. The number of Topliss-reactive ketones (excluding diaryl/α,β-unsaturated/α-hetero) is 2. The fourth-order valence-corrected chi connectivity index (χ4v) is 3.11. The lowest BCUT2D eigenvalue weighted by molar-refractivity contribution is -0.170. The van der Waals surface area contributed by atoms with Crippen molar-refractivity contribution in [1.29, 1.82) is 0 Å². The number of likely N-dealkylation sites (N-methyl/N-ethyl adjacent to an activating group) is 1. The molecule has 1 aliphatic heterocycles. The number of nitrogens with zero attached hydrogens (tertiary/aromatic N) is 1. The Kier molecular flexibility index (Phi) is 7.23. The highest BCUT2D eigenvalue weighted by atomic mass is 16.6. The number of esters is 2. The van der Waals surface area contributed by atoms with E-state index in [-0.39, 0.29) is 49.7 Å². The molecule has 0 spiro atoms. The summed E-state index contributed by atoms with van der Waals surface area (Å²) in [5.74, 6) is -1.95. The molecule has 150 valence electrons. The van der Waals surface area contributed by atoms with Crippen molar-refractivity contribution in [3.8, 4) is 0 Å². The van der Waals surface area contributed by atoms with Crippen LogP contribution in [0, 0.1) is 0 Å². The molecule has 0 fully saturated rings. The lowest BCUT2D eigenvalue weighted by Gasteiger charge is -2.38. The summed E-state index contributed by atoms with van der Waals surface area (Å²) in [5, 5.41) is 0. The van der Waals surface area contributed by atoms with Crippen molar-refractivity contribution in [2.45, 2.75) is 32.2 Å². The van der Waals surface area contributed by atoms with Crippen LogP contribution in [0.1, 0.15) is 37.0 Å². The van der Waals surface area contributed by atoms with E-state index in [0.717, 1.165) is 0 Å². The summed E-state index contributed by atoms with van der Waals surface area (Å²) in [5.41, 5.74) is -1.03. The summed E-state index contributed by atoms with van der Waals surface area (Å²) in [4.78, 5) is 51.5. The van der Waals surface area contributed by atoms with Crippen LogP contribution in [0.5, 0.6) is 0 Å². The van der Waals surface area contributed by atoms with Gasteiger partial charge in [0.25, 0.3) is 0 Å². The van der Waals surface area contributed by atoms with Gasteiger partial charge in [-0.15, -0.1) is 0 Å². The molecule has 1 aromatic carbocycles. The minimum absolute atomic E-state index is 0.0808. The number of hydrogen-bond donors (Lipinski definition) is 0. The van der Waals surface area contributed by atoms with Gasteiger partial charge in [-0.3, -0.25) is 14.5 Å². The summed E-state index contributed by atoms with van der Waals surface area (Å²) in [6.45, 7) is 3.28. The van der Waals surface area contributed by atoms with Gasteiger partial charge in [-0.1, -0.05) is 30.3 Å². The van der Waals surface area contributed by atoms with Crippen molar-refractivity contribution in [3.63, 3.8) is 0 Å². The van der Waals surface area contributed by atoms with Crippen LogP contribution < -0.4 is 0 Å². The van der Waals surface area contributed by atoms with E-state index in [9.17, 15) is 19.2 Å². The molecule has 28 heavy (non-hydrogen) atoms. The smallest absolute Gasteiger partial charge is 0.342 e. The number of carbonyl (C=O) groups is 4. The van der Waals surface area contributed by atoms with E-state index in [1.165, 1.54) is 18.0 Å². The second kappa shape index (κ2) is 9.41. The molecule has 0 aliphatic carbocycles. The first kappa shape index (κ1) is 21.5. The highest BCUT2D eigenvalue weighted by Crippen LogP contribution is 2.29. The normalized spacial score (nSPS) is 16.2. The minimum Gasteiger partial charge on any atom is -0.464 e. The molecule has 7 nitrogen and oxygen atoms in total. The first-order valence-corrected chi connectivity index (χ1v) is 9.25. The molecule has 0 saturated heterocycles. The quantitative estimate of drug-likeness (QED) is 0.383. The Morgan fingerprint density at radius 3 is 2.14 bits per heavy atom. The van der Waals surface area contributed by atoms with Gasteiger partial charge in [0.15, 0.2) is 11.6 Å². The Labute approximate surface area is 164 Å². The molecule has 7 heteroatoms. The zero-order valence-corrected chi connectivity index (χ0v) is 16.4. The maximum Gasteiger partial charge on any atom is 0.342 e. The highest BCUT2D eigenvalue weighted by molar-refractivity contribution is 6.12. The van der Waals surface area contributed by atoms with Crippen molar-refractivity contribution in [3.05, 3.63) is 47.5 Å². The van der Waals surface area contributed by atoms with Crippen LogP contribution in [0.25, 0.3) is 0 Å². The molecule has 0 saturated carbocycles. The SMILES string of the molecule is CCOC(=O)C1(C(=O)OCC)C=C(CCC(=O)c2ccccc2)C(=O)CN1C. The van der Waals surface area contributed by atoms with E-state index >= 15 is 0 Å². The molecular formula is C21H25NO6. The first-order chi connectivity index (χ1) is 13.4. The predicted octanol–water partition coefficient (Wildman–Crippen LogP) is 1.96. The second-order valence-corrected chi connectivity index (χ2v) is 6.45. The zero-order valence-electron chi connectivity index (χ0n) is 16.4. The van der Waals surface area contributed by atoms with E-state index in [1.54, 1.807) is 38.1 Å². The molecule has 0 amide bonds. The number of carbonyl (C=O) groups excluding carboxylic acids is 4. The third-order valence-electron chi connectivity index (χ3n) is 4.61. The fraction of sp³-hybridized carbons (Fsp3) is 0.429. The van der Waals surface area contributed by atoms with Gasteiger partial charge >= 0.3 is 11.9 Å². The van der Waals surface area contributed by atoms with Crippen LogP contribution in [-0.4, -0.2) is 60.8 Å². The van der Waals surface area contributed by atoms with Gasteiger partial charge in [0.1, 0.15) is 0 Å². The summed E-state index contributed by atoms with van der Waals surface area (Å²) in [6.07, 6.45) is 1.51. The highest BCUT2D eigenvalue weighted by Gasteiger charge is 2.54. The number of rotatable bonds is 8. The van der Waals surface area contributed by atoms with Crippen LogP contribution >= 0.6 is 0 Å². The topological polar surface area (TPSA) is 90.0 Å². The molecule has 0 atom stereocenters. The van der Waals surface area contributed by atoms with E-state index < -0.39 is 17.5 Å². The molecule has 0 radical (unpaired) electrons. The van der Waals surface area contributed by atoms with Crippen molar-refractivity contribution in [2.75, 3.05) is 26.8 Å². The summed E-state index contributed by atoms with van der Waals surface area (Å²) < 4.78 is 10.2.